The zero-order valence-electron chi connectivity index (χ0n) is 44.4. The fraction of sp³-hybridized carbons (Fsp3) is 0.877. The molecule has 0 aliphatic heterocycles. The Morgan fingerprint density at radius 2 is 0.848 bits per heavy atom. The Morgan fingerprint density at radius 3 is 1.23 bits per heavy atom. The minimum atomic E-state index is -4.60. The van der Waals surface area contributed by atoms with Gasteiger partial charge < -0.3 is 28.8 Å². The van der Waals surface area contributed by atoms with Crippen molar-refractivity contribution >= 4 is 13.7 Å². The summed E-state index contributed by atoms with van der Waals surface area (Å²) < 4.78 is 23.3. The van der Waals surface area contributed by atoms with Crippen LogP contribution in [-0.2, 0) is 18.4 Å². The number of phosphoric ester groups is 1. The zero-order chi connectivity index (χ0) is 48.5. The molecule has 0 saturated heterocycles. The van der Waals surface area contributed by atoms with Crippen molar-refractivity contribution in [2.45, 2.75) is 283 Å². The number of quaternary nitrogens is 1. The van der Waals surface area contributed by atoms with E-state index in [1.165, 1.54) is 212 Å². The topological polar surface area (TPSA) is 108 Å². The number of likely N-dealkylation sites (N-methyl/N-ethyl adjacent to an activating group) is 1. The highest BCUT2D eigenvalue weighted by atomic mass is 31.2. The third-order valence-corrected chi connectivity index (χ3v) is 13.8. The van der Waals surface area contributed by atoms with Crippen molar-refractivity contribution < 1.29 is 32.9 Å². The molecule has 0 fully saturated rings. The summed E-state index contributed by atoms with van der Waals surface area (Å²) in [4.78, 5) is 25.4. The quantitative estimate of drug-likeness (QED) is 0.0272. The number of allylic oxidation sites excluding steroid dienone is 5. The number of carbonyl (C=O) groups excluding carboxylic acids is 1. The molecule has 2 N–H and O–H groups in total. The summed E-state index contributed by atoms with van der Waals surface area (Å²) in [6, 6.07) is -0.901. The van der Waals surface area contributed by atoms with Crippen LogP contribution in [0.3, 0.4) is 0 Å². The van der Waals surface area contributed by atoms with Crippen molar-refractivity contribution in [3.05, 3.63) is 36.5 Å². The van der Waals surface area contributed by atoms with Crippen LogP contribution >= 0.6 is 7.82 Å². The summed E-state index contributed by atoms with van der Waals surface area (Å²) in [5.41, 5.74) is 0. The van der Waals surface area contributed by atoms with Crippen LogP contribution in [0.1, 0.15) is 271 Å². The first kappa shape index (κ1) is 64.7. The number of unbranched alkanes of at least 4 members (excludes halogenated alkanes) is 35. The second-order valence-corrected chi connectivity index (χ2v) is 22.0. The highest BCUT2D eigenvalue weighted by Gasteiger charge is 2.23. The molecule has 0 aromatic heterocycles. The molecular formula is C57H111N2O6P. The van der Waals surface area contributed by atoms with E-state index in [1.807, 2.05) is 27.2 Å². The second-order valence-electron chi connectivity index (χ2n) is 20.6. The number of hydrogen-bond acceptors (Lipinski definition) is 6. The average Bonchev–Trinajstić information content (AvgIpc) is 3.28. The van der Waals surface area contributed by atoms with E-state index in [2.05, 4.69) is 43.5 Å². The summed E-state index contributed by atoms with van der Waals surface area (Å²) in [7, 11) is 1.25. The van der Waals surface area contributed by atoms with E-state index in [-0.39, 0.29) is 19.1 Å². The van der Waals surface area contributed by atoms with E-state index in [4.69, 9.17) is 9.05 Å². The first-order chi connectivity index (χ1) is 32.0. The molecule has 1 amide bonds. The minimum Gasteiger partial charge on any atom is -0.756 e. The van der Waals surface area contributed by atoms with Crippen molar-refractivity contribution in [1.29, 1.82) is 0 Å². The maximum absolute atomic E-state index is 12.9. The van der Waals surface area contributed by atoms with Crippen LogP contribution in [0.5, 0.6) is 0 Å². The highest BCUT2D eigenvalue weighted by Crippen LogP contribution is 2.38. The Morgan fingerprint density at radius 1 is 0.515 bits per heavy atom. The third kappa shape index (κ3) is 50.6. The molecule has 0 aromatic carbocycles. The summed E-state index contributed by atoms with van der Waals surface area (Å²) in [5, 5.41) is 13.8. The fourth-order valence-electron chi connectivity index (χ4n) is 8.34. The Labute approximate surface area is 410 Å². The van der Waals surface area contributed by atoms with Crippen LogP contribution in [0.2, 0.25) is 0 Å². The van der Waals surface area contributed by atoms with Crippen molar-refractivity contribution in [3.8, 4) is 0 Å². The SMILES string of the molecule is CCCCCCCCCC/C=C\CCCCCCCCCCCCCCCCCCCC(=O)NC(COP(=O)([O-])OCC[N+](C)(C)C)C(O)/C=C/CC/C=C/CCCCCCCCCCC. The summed E-state index contributed by atoms with van der Waals surface area (Å²) in [6.07, 6.45) is 62.3. The lowest BCUT2D eigenvalue weighted by atomic mass is 10.0. The summed E-state index contributed by atoms with van der Waals surface area (Å²) in [5.74, 6) is -0.204. The molecule has 0 aliphatic rings. The van der Waals surface area contributed by atoms with Crippen molar-refractivity contribution in [2.24, 2.45) is 0 Å². The van der Waals surface area contributed by atoms with Gasteiger partial charge in [0, 0.05) is 6.42 Å². The second kappa shape index (κ2) is 48.7. The molecule has 9 heteroatoms. The van der Waals surface area contributed by atoms with Crippen LogP contribution < -0.4 is 10.2 Å². The number of rotatable bonds is 52. The number of nitrogens with one attached hydrogen (secondary N) is 1. The Hall–Kier alpha value is -1.28. The van der Waals surface area contributed by atoms with Gasteiger partial charge in [0.1, 0.15) is 13.2 Å². The molecule has 0 heterocycles. The van der Waals surface area contributed by atoms with Crippen molar-refractivity contribution in [3.63, 3.8) is 0 Å². The lowest BCUT2D eigenvalue weighted by molar-refractivity contribution is -0.870. The van der Waals surface area contributed by atoms with Gasteiger partial charge >= 0.3 is 0 Å². The van der Waals surface area contributed by atoms with Crippen molar-refractivity contribution in [2.75, 3.05) is 40.9 Å². The van der Waals surface area contributed by atoms with E-state index >= 15 is 0 Å². The zero-order valence-corrected chi connectivity index (χ0v) is 45.3. The number of nitrogens with zero attached hydrogens (tertiary/aromatic N) is 1. The number of phosphoric acid groups is 1. The first-order valence-corrected chi connectivity index (χ1v) is 29.8. The molecule has 66 heavy (non-hydrogen) atoms. The van der Waals surface area contributed by atoms with Gasteiger partial charge in [0.25, 0.3) is 7.82 Å². The Bertz CT molecular complexity index is 1170. The Kier molecular flexibility index (Phi) is 47.8. The lowest BCUT2D eigenvalue weighted by Crippen LogP contribution is -2.45. The van der Waals surface area contributed by atoms with Crippen LogP contribution in [0.15, 0.2) is 36.5 Å². The number of aliphatic hydroxyl groups excluding tert-OH is 1. The smallest absolute Gasteiger partial charge is 0.268 e. The van der Waals surface area contributed by atoms with Gasteiger partial charge in [0.15, 0.2) is 0 Å². The first-order valence-electron chi connectivity index (χ1n) is 28.4. The van der Waals surface area contributed by atoms with Gasteiger partial charge in [-0.05, 0) is 57.8 Å². The van der Waals surface area contributed by atoms with Crippen LogP contribution in [-0.4, -0.2) is 68.5 Å². The maximum atomic E-state index is 12.9. The molecule has 3 unspecified atom stereocenters. The van der Waals surface area contributed by atoms with E-state index < -0.39 is 20.0 Å². The number of amides is 1. The summed E-state index contributed by atoms with van der Waals surface area (Å²) in [6.45, 7) is 4.65. The van der Waals surface area contributed by atoms with Gasteiger partial charge in [-0.15, -0.1) is 0 Å². The highest BCUT2D eigenvalue weighted by molar-refractivity contribution is 7.45. The van der Waals surface area contributed by atoms with Crippen LogP contribution in [0, 0.1) is 0 Å². The molecule has 8 nitrogen and oxygen atoms in total. The molecule has 0 aromatic rings. The molecule has 0 rings (SSSR count). The number of aliphatic hydroxyl groups is 1. The lowest BCUT2D eigenvalue weighted by Gasteiger charge is -2.29. The molecule has 0 saturated carbocycles. The molecular weight excluding hydrogens is 840 g/mol. The fourth-order valence-corrected chi connectivity index (χ4v) is 9.06. The van der Waals surface area contributed by atoms with Gasteiger partial charge in [0.05, 0.1) is 39.9 Å². The molecule has 0 spiro atoms. The molecule has 0 bridgehead atoms. The molecule has 0 radical (unpaired) electrons. The van der Waals surface area contributed by atoms with Gasteiger partial charge in [-0.25, -0.2) is 0 Å². The van der Waals surface area contributed by atoms with Crippen LogP contribution in [0.4, 0.5) is 0 Å². The van der Waals surface area contributed by atoms with E-state index in [1.54, 1.807) is 6.08 Å². The van der Waals surface area contributed by atoms with E-state index in [0.29, 0.717) is 17.4 Å². The van der Waals surface area contributed by atoms with E-state index in [0.717, 1.165) is 38.5 Å². The maximum Gasteiger partial charge on any atom is 0.268 e. The molecule has 3 atom stereocenters. The third-order valence-electron chi connectivity index (χ3n) is 12.8. The van der Waals surface area contributed by atoms with Gasteiger partial charge in [-0.2, -0.15) is 0 Å². The minimum absolute atomic E-state index is 0.00513. The molecule has 390 valence electrons. The Balaban J connectivity index is 4.12. The predicted molar refractivity (Wildman–Crippen MR) is 284 cm³/mol. The van der Waals surface area contributed by atoms with Crippen LogP contribution in [0.25, 0.3) is 0 Å². The average molecular weight is 951 g/mol. The normalized spacial score (nSPS) is 14.2. The van der Waals surface area contributed by atoms with E-state index in [9.17, 15) is 19.4 Å². The standard InChI is InChI=1S/C57H111N2O6P/c1-6-8-10-12-14-16-18-20-22-23-24-25-26-27-28-29-30-31-32-33-34-35-37-39-41-43-45-47-49-51-57(61)58-55(54-65-66(62,63)64-53-52-59(3,4)5)56(60)50-48-46-44-42-40-38-36-21-19-17-15-13-11-9-7-2/h23-24,40,42,48,50,55-56,60H,6-22,25-39,41,43-47,49,51-54H2,1-5H3,(H-,58,61,62,63)/b24-23-,42-40+,50-48+. The largest absolute Gasteiger partial charge is 0.756 e. The molecule has 0 aliphatic carbocycles. The monoisotopic (exact) mass is 951 g/mol. The van der Waals surface area contributed by atoms with Gasteiger partial charge in [-0.1, -0.05) is 243 Å². The summed E-state index contributed by atoms with van der Waals surface area (Å²) >= 11 is 0. The van der Waals surface area contributed by atoms with Gasteiger partial charge in [-0.3, -0.25) is 9.36 Å². The van der Waals surface area contributed by atoms with Gasteiger partial charge in [0.2, 0.25) is 5.91 Å². The number of carbonyl (C=O) groups is 1. The van der Waals surface area contributed by atoms with Crippen molar-refractivity contribution in [1.82, 2.24) is 5.32 Å². The number of hydrogen-bond donors (Lipinski definition) is 2. The predicted octanol–water partition coefficient (Wildman–Crippen LogP) is 16.4.